The Hall–Kier alpha value is -1.62. The van der Waals surface area contributed by atoms with Crippen molar-refractivity contribution >= 4 is 29.3 Å². The molecule has 0 atom stereocenters. The molecule has 1 aromatic heterocycles. The maximum atomic E-state index is 10.7. The third kappa shape index (κ3) is 2.70. The van der Waals surface area contributed by atoms with E-state index in [0.29, 0.717) is 4.88 Å². The standard InChI is InChI=1S/C9H9NO3S/c10-8(11)3-1-2-7-6(9(12)13)4-5-14-7/h1-2,4-5H,3H2,(H2,10,11)(H,12,13). The molecule has 0 aliphatic carbocycles. The Morgan fingerprint density at radius 2 is 2.29 bits per heavy atom. The normalized spacial score (nSPS) is 10.6. The summed E-state index contributed by atoms with van der Waals surface area (Å²) in [7, 11) is 0. The van der Waals surface area contributed by atoms with Gasteiger partial charge in [-0.1, -0.05) is 6.08 Å². The Bertz CT molecular complexity index is 381. The molecule has 5 heteroatoms. The van der Waals surface area contributed by atoms with Gasteiger partial charge in [0.1, 0.15) is 0 Å². The highest BCUT2D eigenvalue weighted by Crippen LogP contribution is 2.18. The lowest BCUT2D eigenvalue weighted by Crippen LogP contribution is -2.07. The van der Waals surface area contributed by atoms with Gasteiger partial charge in [0.05, 0.1) is 5.56 Å². The molecule has 0 aromatic carbocycles. The molecular formula is C9H9NO3S. The molecule has 1 rings (SSSR count). The third-order valence-electron chi connectivity index (χ3n) is 1.51. The number of hydrogen-bond donors (Lipinski definition) is 2. The lowest BCUT2D eigenvalue weighted by molar-refractivity contribution is -0.117. The Kier molecular flexibility index (Phi) is 3.41. The van der Waals surface area contributed by atoms with Gasteiger partial charge in [0.2, 0.25) is 5.91 Å². The molecule has 0 bridgehead atoms. The number of aromatic carboxylic acids is 1. The summed E-state index contributed by atoms with van der Waals surface area (Å²) in [4.78, 5) is 21.7. The zero-order valence-electron chi connectivity index (χ0n) is 7.27. The average molecular weight is 211 g/mol. The summed E-state index contributed by atoms with van der Waals surface area (Å²) >= 11 is 1.31. The monoisotopic (exact) mass is 211 g/mol. The van der Waals surface area contributed by atoms with Crippen molar-refractivity contribution in [2.24, 2.45) is 5.73 Å². The van der Waals surface area contributed by atoms with Crippen LogP contribution >= 0.6 is 11.3 Å². The number of amides is 1. The number of nitrogens with two attached hydrogens (primary N) is 1. The third-order valence-corrected chi connectivity index (χ3v) is 2.40. The van der Waals surface area contributed by atoms with E-state index >= 15 is 0 Å². The minimum Gasteiger partial charge on any atom is -0.478 e. The Labute approximate surface area is 84.7 Å². The van der Waals surface area contributed by atoms with E-state index < -0.39 is 11.9 Å². The lowest BCUT2D eigenvalue weighted by Gasteiger charge is -1.91. The number of carboxylic acid groups (broad SMARTS) is 1. The molecule has 14 heavy (non-hydrogen) atoms. The molecular weight excluding hydrogens is 202 g/mol. The van der Waals surface area contributed by atoms with Gasteiger partial charge in [0, 0.05) is 11.3 Å². The van der Waals surface area contributed by atoms with Crippen LogP contribution in [0.1, 0.15) is 21.7 Å². The molecule has 0 unspecified atom stereocenters. The minimum atomic E-state index is -0.968. The van der Waals surface area contributed by atoms with Crippen LogP contribution in [0.2, 0.25) is 0 Å². The number of carbonyl (C=O) groups is 2. The topological polar surface area (TPSA) is 80.4 Å². The van der Waals surface area contributed by atoms with E-state index in [1.54, 1.807) is 17.5 Å². The van der Waals surface area contributed by atoms with Gasteiger partial charge in [-0.15, -0.1) is 11.3 Å². The predicted molar refractivity (Wildman–Crippen MR) is 54.1 cm³/mol. The SMILES string of the molecule is NC(=O)CC=Cc1sccc1C(=O)O. The van der Waals surface area contributed by atoms with Gasteiger partial charge in [0.25, 0.3) is 0 Å². The molecule has 0 spiro atoms. The number of carbonyl (C=O) groups excluding carboxylic acids is 1. The molecule has 3 N–H and O–H groups in total. The van der Waals surface area contributed by atoms with Crippen LogP contribution < -0.4 is 5.73 Å². The Balaban J connectivity index is 2.76. The van der Waals surface area contributed by atoms with E-state index in [2.05, 4.69) is 0 Å². The first kappa shape index (κ1) is 10.5. The van der Waals surface area contributed by atoms with Crippen LogP contribution in [0.4, 0.5) is 0 Å². The summed E-state index contributed by atoms with van der Waals surface area (Å²) in [5.41, 5.74) is 5.17. The molecule has 0 fully saturated rings. The zero-order chi connectivity index (χ0) is 10.6. The molecule has 0 radical (unpaired) electrons. The maximum absolute atomic E-state index is 10.7. The van der Waals surface area contributed by atoms with Crippen LogP contribution in [-0.2, 0) is 4.79 Å². The smallest absolute Gasteiger partial charge is 0.337 e. The van der Waals surface area contributed by atoms with Gasteiger partial charge in [-0.25, -0.2) is 4.79 Å². The van der Waals surface area contributed by atoms with E-state index in [9.17, 15) is 9.59 Å². The second-order valence-corrected chi connectivity index (χ2v) is 3.52. The predicted octanol–water partition coefficient (Wildman–Crippen LogP) is 1.33. The fraction of sp³-hybridized carbons (Fsp3) is 0.111. The van der Waals surface area contributed by atoms with Gasteiger partial charge in [-0.2, -0.15) is 0 Å². The summed E-state index contributed by atoms with van der Waals surface area (Å²) in [6, 6.07) is 1.52. The van der Waals surface area contributed by atoms with E-state index in [0.717, 1.165) is 0 Å². The van der Waals surface area contributed by atoms with E-state index in [1.165, 1.54) is 17.4 Å². The van der Waals surface area contributed by atoms with Crippen molar-refractivity contribution in [3.63, 3.8) is 0 Å². The molecule has 1 heterocycles. The maximum Gasteiger partial charge on any atom is 0.337 e. The van der Waals surface area contributed by atoms with Gasteiger partial charge in [0.15, 0.2) is 0 Å². The quantitative estimate of drug-likeness (QED) is 0.788. The fourth-order valence-electron chi connectivity index (χ4n) is 0.909. The molecule has 1 amide bonds. The second kappa shape index (κ2) is 4.57. The average Bonchev–Trinajstić information content (AvgIpc) is 2.51. The highest BCUT2D eigenvalue weighted by atomic mass is 32.1. The number of carboxylic acids is 1. The summed E-state index contributed by atoms with van der Waals surface area (Å²) < 4.78 is 0. The fourth-order valence-corrected chi connectivity index (χ4v) is 1.72. The zero-order valence-corrected chi connectivity index (χ0v) is 8.08. The summed E-state index contributed by atoms with van der Waals surface area (Å²) in [5.74, 6) is -1.40. The van der Waals surface area contributed by atoms with E-state index in [1.807, 2.05) is 0 Å². The van der Waals surface area contributed by atoms with Crippen molar-refractivity contribution in [3.8, 4) is 0 Å². The largest absolute Gasteiger partial charge is 0.478 e. The molecule has 74 valence electrons. The molecule has 4 nitrogen and oxygen atoms in total. The van der Waals surface area contributed by atoms with E-state index in [-0.39, 0.29) is 12.0 Å². The number of rotatable bonds is 4. The Morgan fingerprint density at radius 1 is 1.57 bits per heavy atom. The number of hydrogen-bond acceptors (Lipinski definition) is 3. The van der Waals surface area contributed by atoms with Crippen LogP contribution in [0.5, 0.6) is 0 Å². The van der Waals surface area contributed by atoms with Crippen LogP contribution in [-0.4, -0.2) is 17.0 Å². The van der Waals surface area contributed by atoms with Gasteiger partial charge >= 0.3 is 5.97 Å². The van der Waals surface area contributed by atoms with Crippen LogP contribution in [0, 0.1) is 0 Å². The second-order valence-electron chi connectivity index (χ2n) is 2.58. The van der Waals surface area contributed by atoms with Crippen molar-refractivity contribution in [2.75, 3.05) is 0 Å². The summed E-state index contributed by atoms with van der Waals surface area (Å²) in [5, 5.41) is 10.4. The molecule has 0 saturated heterocycles. The van der Waals surface area contributed by atoms with Crippen molar-refractivity contribution in [1.29, 1.82) is 0 Å². The van der Waals surface area contributed by atoms with Crippen LogP contribution in [0.3, 0.4) is 0 Å². The molecule has 0 aliphatic rings. The summed E-state index contributed by atoms with van der Waals surface area (Å²) in [6.07, 6.45) is 3.27. The Morgan fingerprint density at radius 3 is 2.86 bits per heavy atom. The van der Waals surface area contributed by atoms with Crippen LogP contribution in [0.25, 0.3) is 6.08 Å². The first-order valence-corrected chi connectivity index (χ1v) is 4.75. The van der Waals surface area contributed by atoms with Gasteiger partial charge < -0.3 is 10.8 Å². The van der Waals surface area contributed by atoms with Crippen molar-refractivity contribution < 1.29 is 14.7 Å². The molecule has 0 aliphatic heterocycles. The first-order valence-electron chi connectivity index (χ1n) is 3.87. The number of thiophene rings is 1. The number of primary amides is 1. The van der Waals surface area contributed by atoms with Crippen molar-refractivity contribution in [2.45, 2.75) is 6.42 Å². The first-order chi connectivity index (χ1) is 6.61. The van der Waals surface area contributed by atoms with Crippen molar-refractivity contribution in [3.05, 3.63) is 28.0 Å². The van der Waals surface area contributed by atoms with Crippen molar-refractivity contribution in [1.82, 2.24) is 0 Å². The molecule has 0 saturated carbocycles. The van der Waals surface area contributed by atoms with E-state index in [4.69, 9.17) is 10.8 Å². The lowest BCUT2D eigenvalue weighted by atomic mass is 10.2. The summed E-state index contributed by atoms with van der Waals surface area (Å²) in [6.45, 7) is 0. The minimum absolute atomic E-state index is 0.122. The highest BCUT2D eigenvalue weighted by Gasteiger charge is 2.07. The van der Waals surface area contributed by atoms with Gasteiger partial charge in [-0.3, -0.25) is 4.79 Å². The van der Waals surface area contributed by atoms with Gasteiger partial charge in [-0.05, 0) is 17.5 Å². The highest BCUT2D eigenvalue weighted by molar-refractivity contribution is 7.11. The molecule has 1 aromatic rings. The van der Waals surface area contributed by atoms with Crippen LogP contribution in [0.15, 0.2) is 17.5 Å².